The van der Waals surface area contributed by atoms with Gasteiger partial charge in [-0.15, -0.1) is 11.3 Å². The van der Waals surface area contributed by atoms with Crippen LogP contribution in [0.1, 0.15) is 5.56 Å². The van der Waals surface area contributed by atoms with Crippen molar-refractivity contribution in [2.24, 2.45) is 0 Å². The topological polar surface area (TPSA) is 22.1 Å². The van der Waals surface area contributed by atoms with Gasteiger partial charge in [-0.25, -0.2) is 4.98 Å². The minimum atomic E-state index is 0.577. The molecule has 2 heterocycles. The first-order valence-corrected chi connectivity index (χ1v) is 7.20. The fourth-order valence-electron chi connectivity index (χ4n) is 1.75. The summed E-state index contributed by atoms with van der Waals surface area (Å²) in [4.78, 5) is 4.14. The summed E-state index contributed by atoms with van der Waals surface area (Å²) < 4.78 is 7.85. The summed E-state index contributed by atoms with van der Waals surface area (Å²) in [5.41, 5.74) is 1.22. The standard InChI is InChI=1S/C14H10BrNOS/c15-14-6-5-11(7-16-14)17-8-10-9-18-13-4-2-1-3-12(10)13/h1-7,9H,8H2. The van der Waals surface area contributed by atoms with Gasteiger partial charge < -0.3 is 4.74 Å². The highest BCUT2D eigenvalue weighted by atomic mass is 79.9. The number of ether oxygens (including phenoxy) is 1. The zero-order valence-corrected chi connectivity index (χ0v) is 11.9. The number of benzene rings is 1. The van der Waals surface area contributed by atoms with Crippen molar-refractivity contribution in [1.82, 2.24) is 4.98 Å². The Bertz CT molecular complexity index is 663. The van der Waals surface area contributed by atoms with Crippen molar-refractivity contribution in [3.05, 3.63) is 58.1 Å². The van der Waals surface area contributed by atoms with Gasteiger partial charge in [0.1, 0.15) is 17.0 Å². The third-order valence-electron chi connectivity index (χ3n) is 2.66. The number of rotatable bonds is 3. The van der Waals surface area contributed by atoms with Gasteiger partial charge in [0.25, 0.3) is 0 Å². The molecule has 90 valence electrons. The summed E-state index contributed by atoms with van der Waals surface area (Å²) in [6, 6.07) is 12.2. The molecular weight excluding hydrogens is 310 g/mol. The number of fused-ring (bicyclic) bond motifs is 1. The number of thiophene rings is 1. The van der Waals surface area contributed by atoms with Crippen LogP contribution >= 0.6 is 27.3 Å². The van der Waals surface area contributed by atoms with Gasteiger partial charge in [-0.2, -0.15) is 0 Å². The first kappa shape index (κ1) is 11.7. The van der Waals surface area contributed by atoms with Crippen molar-refractivity contribution in [2.75, 3.05) is 0 Å². The molecule has 0 spiro atoms. The van der Waals surface area contributed by atoms with E-state index in [0.29, 0.717) is 6.61 Å². The average molecular weight is 320 g/mol. The van der Waals surface area contributed by atoms with E-state index in [9.17, 15) is 0 Å². The fourth-order valence-corrected chi connectivity index (χ4v) is 2.94. The lowest BCUT2D eigenvalue weighted by Gasteiger charge is -2.04. The van der Waals surface area contributed by atoms with Crippen molar-refractivity contribution >= 4 is 37.4 Å². The second-order valence-corrected chi connectivity index (χ2v) is 5.59. The molecule has 0 amide bonds. The second kappa shape index (κ2) is 5.08. The van der Waals surface area contributed by atoms with E-state index < -0.39 is 0 Å². The molecule has 18 heavy (non-hydrogen) atoms. The molecule has 0 radical (unpaired) electrons. The number of halogens is 1. The third kappa shape index (κ3) is 2.40. The van der Waals surface area contributed by atoms with E-state index in [1.165, 1.54) is 15.6 Å². The minimum absolute atomic E-state index is 0.577. The maximum Gasteiger partial charge on any atom is 0.138 e. The van der Waals surface area contributed by atoms with E-state index in [0.717, 1.165) is 10.4 Å². The van der Waals surface area contributed by atoms with E-state index in [1.807, 2.05) is 12.1 Å². The number of aromatic nitrogens is 1. The first-order chi connectivity index (χ1) is 8.83. The molecule has 2 aromatic heterocycles. The maximum absolute atomic E-state index is 5.74. The highest BCUT2D eigenvalue weighted by Crippen LogP contribution is 2.26. The Kier molecular flexibility index (Phi) is 3.30. The molecule has 0 aliphatic rings. The van der Waals surface area contributed by atoms with Gasteiger partial charge >= 0.3 is 0 Å². The van der Waals surface area contributed by atoms with Crippen LogP contribution in [0, 0.1) is 0 Å². The SMILES string of the molecule is Brc1ccc(OCc2csc3ccccc23)cn1. The molecule has 0 bridgehead atoms. The van der Waals surface area contributed by atoms with Crippen molar-refractivity contribution in [3.8, 4) is 5.75 Å². The van der Waals surface area contributed by atoms with Crippen LogP contribution in [-0.2, 0) is 6.61 Å². The molecular formula is C14H10BrNOS. The lowest BCUT2D eigenvalue weighted by Crippen LogP contribution is -1.94. The zero-order chi connectivity index (χ0) is 12.4. The molecule has 3 rings (SSSR count). The van der Waals surface area contributed by atoms with Crippen LogP contribution in [0.25, 0.3) is 10.1 Å². The Labute approximate surface area is 117 Å². The molecule has 0 aliphatic heterocycles. The summed E-state index contributed by atoms with van der Waals surface area (Å²) in [5, 5.41) is 3.42. The van der Waals surface area contributed by atoms with Gasteiger partial charge in [0.15, 0.2) is 0 Å². The molecule has 0 atom stereocenters. The van der Waals surface area contributed by atoms with Crippen LogP contribution in [0.3, 0.4) is 0 Å². The summed E-state index contributed by atoms with van der Waals surface area (Å²) in [5.74, 6) is 0.786. The maximum atomic E-state index is 5.74. The predicted octanol–water partition coefficient (Wildman–Crippen LogP) is 4.64. The van der Waals surface area contributed by atoms with Crippen molar-refractivity contribution < 1.29 is 4.74 Å². The normalized spacial score (nSPS) is 10.7. The van der Waals surface area contributed by atoms with Crippen LogP contribution < -0.4 is 4.74 Å². The van der Waals surface area contributed by atoms with E-state index in [4.69, 9.17) is 4.74 Å². The third-order valence-corrected chi connectivity index (χ3v) is 4.14. The predicted molar refractivity (Wildman–Crippen MR) is 78.1 cm³/mol. The number of hydrogen-bond donors (Lipinski definition) is 0. The van der Waals surface area contributed by atoms with Crippen LogP contribution in [-0.4, -0.2) is 4.98 Å². The Morgan fingerprint density at radius 2 is 2.06 bits per heavy atom. The number of hydrogen-bond acceptors (Lipinski definition) is 3. The second-order valence-electron chi connectivity index (χ2n) is 3.86. The molecule has 3 aromatic rings. The van der Waals surface area contributed by atoms with Crippen molar-refractivity contribution in [3.63, 3.8) is 0 Å². The van der Waals surface area contributed by atoms with E-state index in [-0.39, 0.29) is 0 Å². The minimum Gasteiger partial charge on any atom is -0.487 e. The van der Waals surface area contributed by atoms with Gasteiger partial charge in [-0.05, 0) is 44.9 Å². The quantitative estimate of drug-likeness (QED) is 0.656. The van der Waals surface area contributed by atoms with Gasteiger partial charge in [0.2, 0.25) is 0 Å². The average Bonchev–Trinajstić information content (AvgIpc) is 2.82. The molecule has 1 aromatic carbocycles. The van der Waals surface area contributed by atoms with Gasteiger partial charge in [0.05, 0.1) is 6.20 Å². The Balaban J connectivity index is 1.79. The fraction of sp³-hybridized carbons (Fsp3) is 0.0714. The summed E-state index contributed by atoms with van der Waals surface area (Å²) >= 11 is 5.05. The van der Waals surface area contributed by atoms with E-state index >= 15 is 0 Å². The molecule has 4 heteroatoms. The first-order valence-electron chi connectivity index (χ1n) is 5.52. The number of nitrogens with zero attached hydrogens (tertiary/aromatic N) is 1. The molecule has 2 nitrogen and oxygen atoms in total. The van der Waals surface area contributed by atoms with E-state index in [1.54, 1.807) is 17.5 Å². The monoisotopic (exact) mass is 319 g/mol. The van der Waals surface area contributed by atoms with E-state index in [2.05, 4.69) is 50.6 Å². The Hall–Kier alpha value is -1.39. The highest BCUT2D eigenvalue weighted by Gasteiger charge is 2.04. The van der Waals surface area contributed by atoms with Crippen LogP contribution in [0.4, 0.5) is 0 Å². The molecule has 0 saturated carbocycles. The lowest BCUT2D eigenvalue weighted by molar-refractivity contribution is 0.307. The molecule has 0 unspecified atom stereocenters. The zero-order valence-electron chi connectivity index (χ0n) is 9.47. The number of pyridine rings is 1. The summed E-state index contributed by atoms with van der Waals surface area (Å²) in [6.45, 7) is 0.577. The highest BCUT2D eigenvalue weighted by molar-refractivity contribution is 9.10. The van der Waals surface area contributed by atoms with Crippen molar-refractivity contribution in [2.45, 2.75) is 6.61 Å². The van der Waals surface area contributed by atoms with Crippen LogP contribution in [0.5, 0.6) is 5.75 Å². The van der Waals surface area contributed by atoms with Gasteiger partial charge in [-0.1, -0.05) is 18.2 Å². The largest absolute Gasteiger partial charge is 0.487 e. The van der Waals surface area contributed by atoms with Gasteiger partial charge in [-0.3, -0.25) is 0 Å². The Morgan fingerprint density at radius 1 is 1.17 bits per heavy atom. The molecule has 0 aliphatic carbocycles. The van der Waals surface area contributed by atoms with Crippen LogP contribution in [0.15, 0.2) is 52.6 Å². The lowest BCUT2D eigenvalue weighted by atomic mass is 10.2. The summed E-state index contributed by atoms with van der Waals surface area (Å²) in [6.07, 6.45) is 1.72. The van der Waals surface area contributed by atoms with Gasteiger partial charge in [0, 0.05) is 10.3 Å². The summed E-state index contributed by atoms with van der Waals surface area (Å²) in [7, 11) is 0. The van der Waals surface area contributed by atoms with Crippen LogP contribution in [0.2, 0.25) is 0 Å². The Morgan fingerprint density at radius 3 is 2.89 bits per heavy atom. The van der Waals surface area contributed by atoms with Crippen molar-refractivity contribution in [1.29, 1.82) is 0 Å². The molecule has 0 saturated heterocycles. The molecule has 0 N–H and O–H groups in total. The molecule has 0 fully saturated rings. The smallest absolute Gasteiger partial charge is 0.138 e.